The van der Waals surface area contributed by atoms with Gasteiger partial charge in [0, 0.05) is 18.5 Å². The summed E-state index contributed by atoms with van der Waals surface area (Å²) in [6, 6.07) is 7.37. The lowest BCUT2D eigenvalue weighted by atomic mass is 9.75. The molecule has 124 valence electrons. The molecule has 5 heteroatoms. The molecule has 1 amide bonds. The Morgan fingerprint density at radius 3 is 2.57 bits per heavy atom. The molecule has 1 aromatic carbocycles. The van der Waals surface area contributed by atoms with Crippen LogP contribution in [0.2, 0.25) is 0 Å². The highest BCUT2D eigenvalue weighted by molar-refractivity contribution is 5.69. The largest absolute Gasteiger partial charge is 0.450 e. The Balaban J connectivity index is 1.67. The van der Waals surface area contributed by atoms with Crippen molar-refractivity contribution in [1.82, 2.24) is 9.80 Å². The van der Waals surface area contributed by atoms with E-state index in [1.165, 1.54) is 12.1 Å². The molecule has 0 saturated carbocycles. The first kappa shape index (κ1) is 14.9. The molecular formula is C18H23FN2O2. The van der Waals surface area contributed by atoms with Gasteiger partial charge in [0.2, 0.25) is 0 Å². The number of likely N-dealkylation sites (tertiary alicyclic amines) is 1. The molecule has 0 spiro atoms. The van der Waals surface area contributed by atoms with Crippen molar-refractivity contribution in [3.63, 3.8) is 0 Å². The fraction of sp³-hybridized carbons (Fsp3) is 0.611. The molecule has 0 aromatic heterocycles. The van der Waals surface area contributed by atoms with E-state index in [9.17, 15) is 9.18 Å². The van der Waals surface area contributed by atoms with Gasteiger partial charge in [-0.2, -0.15) is 0 Å². The number of fused-ring (bicyclic) bond motifs is 2. The summed E-state index contributed by atoms with van der Waals surface area (Å²) in [6.45, 7) is 5.15. The Morgan fingerprint density at radius 1 is 1.22 bits per heavy atom. The summed E-state index contributed by atoms with van der Waals surface area (Å²) in [6.07, 6.45) is 2.13. The van der Waals surface area contributed by atoms with E-state index in [-0.39, 0.29) is 23.9 Å². The van der Waals surface area contributed by atoms with Crippen LogP contribution in [-0.4, -0.2) is 54.2 Å². The molecule has 4 aliphatic rings. The molecule has 5 rings (SSSR count). The number of rotatable bonds is 2. The van der Waals surface area contributed by atoms with Crippen molar-refractivity contribution in [3.8, 4) is 0 Å². The Morgan fingerprint density at radius 2 is 1.91 bits per heavy atom. The standard InChI is InChI=1S/C18H23FN2O2/c1-2-23-18(22)21-11-15(12-3-5-14(19)6-4-12)17-16(21)13-7-9-20(17)10-8-13/h3-6,13,15-17H,2,7-11H2,1H3/t15-,16+,17+/m1/s1. The van der Waals surface area contributed by atoms with Crippen LogP contribution in [0.5, 0.6) is 0 Å². The predicted octanol–water partition coefficient (Wildman–Crippen LogP) is 2.84. The molecule has 0 radical (unpaired) electrons. The fourth-order valence-electron chi connectivity index (χ4n) is 4.84. The summed E-state index contributed by atoms with van der Waals surface area (Å²) < 4.78 is 18.6. The average molecular weight is 318 g/mol. The SMILES string of the molecule is CCOC(=O)N1C[C@H](c2ccc(F)cc2)[C@H]2[C@@H]1C1CCN2CC1. The number of hydrogen-bond acceptors (Lipinski definition) is 3. The van der Waals surface area contributed by atoms with Gasteiger partial charge in [0.15, 0.2) is 0 Å². The zero-order valence-corrected chi connectivity index (χ0v) is 13.5. The minimum absolute atomic E-state index is 0.194. The summed E-state index contributed by atoms with van der Waals surface area (Å²) in [5, 5.41) is 0. The van der Waals surface area contributed by atoms with Crippen molar-refractivity contribution in [2.24, 2.45) is 5.92 Å². The first-order valence-electron chi connectivity index (χ1n) is 8.62. The van der Waals surface area contributed by atoms with E-state index < -0.39 is 0 Å². The van der Waals surface area contributed by atoms with Crippen LogP contribution < -0.4 is 0 Å². The van der Waals surface area contributed by atoms with E-state index in [0.29, 0.717) is 25.1 Å². The van der Waals surface area contributed by atoms with E-state index in [0.717, 1.165) is 31.5 Å². The highest BCUT2D eigenvalue weighted by atomic mass is 19.1. The van der Waals surface area contributed by atoms with Gasteiger partial charge < -0.3 is 9.64 Å². The molecule has 4 nitrogen and oxygen atoms in total. The first-order valence-corrected chi connectivity index (χ1v) is 8.62. The summed E-state index contributed by atoms with van der Waals surface area (Å²) in [7, 11) is 0. The highest BCUT2D eigenvalue weighted by Gasteiger charge is 2.55. The summed E-state index contributed by atoms with van der Waals surface area (Å²) in [5.41, 5.74) is 1.13. The average Bonchev–Trinajstić information content (AvgIpc) is 3.00. The summed E-state index contributed by atoms with van der Waals surface area (Å²) >= 11 is 0. The molecule has 2 bridgehead atoms. The number of carbonyl (C=O) groups is 1. The van der Waals surface area contributed by atoms with Crippen molar-refractivity contribution in [2.45, 2.75) is 37.8 Å². The zero-order valence-electron chi connectivity index (χ0n) is 13.5. The van der Waals surface area contributed by atoms with Crippen molar-refractivity contribution < 1.29 is 13.9 Å². The Labute approximate surface area is 136 Å². The van der Waals surface area contributed by atoms with Gasteiger partial charge in [-0.05, 0) is 56.5 Å². The third-order valence-electron chi connectivity index (χ3n) is 5.79. The van der Waals surface area contributed by atoms with Gasteiger partial charge in [-0.3, -0.25) is 4.90 Å². The summed E-state index contributed by atoms with van der Waals surface area (Å²) in [5.74, 6) is 0.601. The van der Waals surface area contributed by atoms with Gasteiger partial charge in [0.1, 0.15) is 5.82 Å². The second-order valence-corrected chi connectivity index (χ2v) is 6.86. The maximum Gasteiger partial charge on any atom is 0.410 e. The number of piperidine rings is 3. The Kier molecular flexibility index (Phi) is 3.76. The van der Waals surface area contributed by atoms with Crippen LogP contribution in [0.3, 0.4) is 0 Å². The van der Waals surface area contributed by atoms with Crippen LogP contribution in [0.25, 0.3) is 0 Å². The molecule has 0 N–H and O–H groups in total. The van der Waals surface area contributed by atoms with E-state index in [2.05, 4.69) is 4.90 Å². The van der Waals surface area contributed by atoms with Crippen LogP contribution in [0.1, 0.15) is 31.2 Å². The smallest absolute Gasteiger partial charge is 0.410 e. The van der Waals surface area contributed by atoms with E-state index >= 15 is 0 Å². The van der Waals surface area contributed by atoms with Crippen molar-refractivity contribution >= 4 is 6.09 Å². The molecule has 4 aliphatic heterocycles. The number of amides is 1. The number of nitrogens with zero attached hydrogens (tertiary/aromatic N) is 2. The van der Waals surface area contributed by atoms with Gasteiger partial charge >= 0.3 is 6.09 Å². The number of halogens is 1. The van der Waals surface area contributed by atoms with Crippen molar-refractivity contribution in [2.75, 3.05) is 26.2 Å². The van der Waals surface area contributed by atoms with Gasteiger partial charge in [-0.15, -0.1) is 0 Å². The van der Waals surface area contributed by atoms with E-state index in [4.69, 9.17) is 4.74 Å². The number of benzene rings is 1. The molecule has 4 heterocycles. The monoisotopic (exact) mass is 318 g/mol. The van der Waals surface area contributed by atoms with Gasteiger partial charge in [0.25, 0.3) is 0 Å². The van der Waals surface area contributed by atoms with Crippen LogP contribution in [0, 0.1) is 11.7 Å². The number of carbonyl (C=O) groups excluding carboxylic acids is 1. The van der Waals surface area contributed by atoms with Gasteiger partial charge in [0.05, 0.1) is 12.6 Å². The van der Waals surface area contributed by atoms with Gasteiger partial charge in [-0.1, -0.05) is 12.1 Å². The topological polar surface area (TPSA) is 32.8 Å². The highest BCUT2D eigenvalue weighted by Crippen LogP contribution is 2.46. The van der Waals surface area contributed by atoms with E-state index in [1.807, 2.05) is 24.0 Å². The Hall–Kier alpha value is -1.62. The molecular weight excluding hydrogens is 295 g/mol. The molecule has 0 aliphatic carbocycles. The van der Waals surface area contributed by atoms with Crippen molar-refractivity contribution in [1.29, 1.82) is 0 Å². The number of hydrogen-bond donors (Lipinski definition) is 0. The Bertz CT molecular complexity index is 583. The molecule has 4 fully saturated rings. The zero-order chi connectivity index (χ0) is 16.0. The maximum atomic E-state index is 13.3. The summed E-state index contributed by atoms with van der Waals surface area (Å²) in [4.78, 5) is 16.9. The van der Waals surface area contributed by atoms with Crippen LogP contribution in [0.15, 0.2) is 24.3 Å². The predicted molar refractivity (Wildman–Crippen MR) is 84.7 cm³/mol. The lowest BCUT2D eigenvalue weighted by Gasteiger charge is -2.50. The normalized spacial score (nSPS) is 35.2. The lowest BCUT2D eigenvalue weighted by Crippen LogP contribution is -2.60. The van der Waals surface area contributed by atoms with Gasteiger partial charge in [-0.25, -0.2) is 9.18 Å². The molecule has 3 atom stereocenters. The molecule has 23 heavy (non-hydrogen) atoms. The second kappa shape index (κ2) is 5.78. The minimum Gasteiger partial charge on any atom is -0.450 e. The van der Waals surface area contributed by atoms with Crippen LogP contribution >= 0.6 is 0 Å². The van der Waals surface area contributed by atoms with Crippen LogP contribution in [-0.2, 0) is 4.74 Å². The number of ether oxygens (including phenoxy) is 1. The lowest BCUT2D eigenvalue weighted by molar-refractivity contribution is -0.00687. The minimum atomic E-state index is -0.212. The quantitative estimate of drug-likeness (QED) is 0.840. The fourth-order valence-corrected chi connectivity index (χ4v) is 4.84. The second-order valence-electron chi connectivity index (χ2n) is 6.86. The molecule has 1 aromatic rings. The third kappa shape index (κ3) is 2.42. The van der Waals surface area contributed by atoms with Crippen molar-refractivity contribution in [3.05, 3.63) is 35.6 Å². The maximum absolute atomic E-state index is 13.3. The van der Waals surface area contributed by atoms with E-state index in [1.54, 1.807) is 0 Å². The van der Waals surface area contributed by atoms with Crippen LogP contribution in [0.4, 0.5) is 9.18 Å². The molecule has 4 saturated heterocycles. The molecule has 0 unspecified atom stereocenters. The first-order chi connectivity index (χ1) is 11.2. The third-order valence-corrected chi connectivity index (χ3v) is 5.79.